The van der Waals surface area contributed by atoms with E-state index in [4.69, 9.17) is 0 Å². The quantitative estimate of drug-likeness (QED) is 0.574. The van der Waals surface area contributed by atoms with Gasteiger partial charge in [0.2, 0.25) is 5.91 Å². The van der Waals surface area contributed by atoms with Gasteiger partial charge in [-0.2, -0.15) is 0 Å². The van der Waals surface area contributed by atoms with Gasteiger partial charge in [0, 0.05) is 11.6 Å². The summed E-state index contributed by atoms with van der Waals surface area (Å²) in [5.41, 5.74) is 1.97. The van der Waals surface area contributed by atoms with E-state index in [1.807, 2.05) is 60.7 Å². The van der Waals surface area contributed by atoms with Crippen molar-refractivity contribution < 1.29 is 4.79 Å². The van der Waals surface area contributed by atoms with Crippen molar-refractivity contribution in [2.24, 2.45) is 0 Å². The molecule has 0 saturated carbocycles. The van der Waals surface area contributed by atoms with Gasteiger partial charge in [-0.3, -0.25) is 4.79 Å². The molecule has 0 saturated heterocycles. The van der Waals surface area contributed by atoms with Gasteiger partial charge >= 0.3 is 0 Å². The van der Waals surface area contributed by atoms with E-state index in [0.717, 1.165) is 21.9 Å². The highest BCUT2D eigenvalue weighted by Crippen LogP contribution is 2.19. The van der Waals surface area contributed by atoms with Gasteiger partial charge in [-0.05, 0) is 34.5 Å². The van der Waals surface area contributed by atoms with Crippen molar-refractivity contribution in [2.75, 3.05) is 6.54 Å². The van der Waals surface area contributed by atoms with E-state index in [1.165, 1.54) is 0 Å². The maximum atomic E-state index is 11.9. The van der Waals surface area contributed by atoms with E-state index < -0.39 is 0 Å². The smallest absolute Gasteiger partial charge is 0.244 e. The van der Waals surface area contributed by atoms with Crippen molar-refractivity contribution >= 4 is 22.8 Å². The average Bonchev–Trinajstić information content (AvgIpc) is 2.64. The Bertz CT molecular complexity index is 925. The van der Waals surface area contributed by atoms with E-state index in [9.17, 15) is 4.79 Å². The number of amides is 1. The largest absolute Gasteiger partial charge is 0.342 e. The Morgan fingerprint density at radius 3 is 2.54 bits per heavy atom. The number of rotatable bonds is 3. The fourth-order valence-corrected chi connectivity index (χ4v) is 2.42. The first-order chi connectivity index (χ1) is 11.8. The molecular formula is C22H17NO. The lowest BCUT2D eigenvalue weighted by atomic mass is 10.0. The molecule has 0 spiro atoms. The molecule has 24 heavy (non-hydrogen) atoms. The zero-order valence-corrected chi connectivity index (χ0v) is 13.2. The first-order valence-corrected chi connectivity index (χ1v) is 7.80. The fraction of sp³-hybridized carbons (Fsp3) is 0.0455. The fourth-order valence-electron chi connectivity index (χ4n) is 2.42. The SMILES string of the molecule is O=C(/C=C/c1cccc2ccccc12)NCC#Cc1ccccc1. The molecule has 116 valence electrons. The molecule has 1 amide bonds. The van der Waals surface area contributed by atoms with Crippen molar-refractivity contribution in [3.05, 3.63) is 90.0 Å². The molecule has 0 aliphatic rings. The molecule has 0 unspecified atom stereocenters. The molecule has 3 aromatic carbocycles. The molecule has 0 aromatic heterocycles. The van der Waals surface area contributed by atoms with Crippen LogP contribution in [0.4, 0.5) is 0 Å². The summed E-state index contributed by atoms with van der Waals surface area (Å²) >= 11 is 0. The highest BCUT2D eigenvalue weighted by molar-refractivity contribution is 5.96. The van der Waals surface area contributed by atoms with E-state index >= 15 is 0 Å². The molecule has 2 nitrogen and oxygen atoms in total. The van der Waals surface area contributed by atoms with Crippen molar-refractivity contribution in [3.8, 4) is 11.8 Å². The summed E-state index contributed by atoms with van der Waals surface area (Å²) in [5.74, 6) is 5.81. The minimum Gasteiger partial charge on any atom is -0.342 e. The number of carbonyl (C=O) groups excluding carboxylic acids is 1. The molecule has 0 aliphatic heterocycles. The number of hydrogen-bond donors (Lipinski definition) is 1. The monoisotopic (exact) mass is 311 g/mol. The minimum atomic E-state index is -0.148. The van der Waals surface area contributed by atoms with Crippen molar-refractivity contribution in [1.29, 1.82) is 0 Å². The topological polar surface area (TPSA) is 29.1 Å². The minimum absolute atomic E-state index is 0.148. The van der Waals surface area contributed by atoms with E-state index in [-0.39, 0.29) is 5.91 Å². The van der Waals surface area contributed by atoms with Crippen LogP contribution in [0.5, 0.6) is 0 Å². The van der Waals surface area contributed by atoms with Crippen molar-refractivity contribution in [1.82, 2.24) is 5.32 Å². The van der Waals surface area contributed by atoms with Crippen LogP contribution in [0.3, 0.4) is 0 Å². The lowest BCUT2D eigenvalue weighted by Crippen LogP contribution is -2.20. The van der Waals surface area contributed by atoms with Crippen LogP contribution < -0.4 is 5.32 Å². The maximum absolute atomic E-state index is 11.9. The van der Waals surface area contributed by atoms with Crippen LogP contribution in [0.25, 0.3) is 16.8 Å². The Morgan fingerprint density at radius 1 is 0.917 bits per heavy atom. The molecule has 0 atom stereocenters. The summed E-state index contributed by atoms with van der Waals surface area (Å²) in [4.78, 5) is 11.9. The summed E-state index contributed by atoms with van der Waals surface area (Å²) < 4.78 is 0. The number of nitrogens with one attached hydrogen (secondary N) is 1. The van der Waals surface area contributed by atoms with Gasteiger partial charge in [0.25, 0.3) is 0 Å². The molecule has 0 aliphatic carbocycles. The molecule has 0 fully saturated rings. The standard InChI is InChI=1S/C22H17NO/c24-22(23-17-7-10-18-8-2-1-3-9-18)16-15-20-13-6-12-19-11-4-5-14-21(19)20/h1-6,8-9,11-16H,17H2,(H,23,24)/b16-15+. The molecule has 0 bridgehead atoms. The van der Waals surface area contributed by atoms with Crippen LogP contribution in [0.15, 0.2) is 78.9 Å². The van der Waals surface area contributed by atoms with Crippen molar-refractivity contribution in [3.63, 3.8) is 0 Å². The number of hydrogen-bond acceptors (Lipinski definition) is 1. The highest BCUT2D eigenvalue weighted by Gasteiger charge is 1.98. The predicted octanol–water partition coefficient (Wildman–Crippen LogP) is 4.02. The van der Waals surface area contributed by atoms with Gasteiger partial charge < -0.3 is 5.32 Å². The lowest BCUT2D eigenvalue weighted by molar-refractivity contribution is -0.116. The van der Waals surface area contributed by atoms with Crippen LogP contribution in [0.1, 0.15) is 11.1 Å². The van der Waals surface area contributed by atoms with Gasteiger partial charge in [-0.1, -0.05) is 72.5 Å². The van der Waals surface area contributed by atoms with Crippen LogP contribution in [-0.2, 0) is 4.79 Å². The maximum Gasteiger partial charge on any atom is 0.244 e. The summed E-state index contributed by atoms with van der Waals surface area (Å²) in [7, 11) is 0. The zero-order chi connectivity index (χ0) is 16.6. The number of benzene rings is 3. The third kappa shape index (κ3) is 4.12. The van der Waals surface area contributed by atoms with Crippen LogP contribution in [0, 0.1) is 11.8 Å². The van der Waals surface area contributed by atoms with Crippen LogP contribution in [-0.4, -0.2) is 12.5 Å². The Morgan fingerprint density at radius 2 is 1.67 bits per heavy atom. The third-order valence-electron chi connectivity index (χ3n) is 3.60. The second kappa shape index (κ2) is 7.80. The summed E-state index contributed by atoms with van der Waals surface area (Å²) in [6.45, 7) is 0.327. The van der Waals surface area contributed by atoms with Gasteiger partial charge in [0.15, 0.2) is 0 Å². The first kappa shape index (κ1) is 15.6. The van der Waals surface area contributed by atoms with E-state index in [2.05, 4.69) is 35.4 Å². The number of fused-ring (bicyclic) bond motifs is 1. The van der Waals surface area contributed by atoms with E-state index in [1.54, 1.807) is 6.08 Å². The average molecular weight is 311 g/mol. The third-order valence-corrected chi connectivity index (χ3v) is 3.60. The molecule has 1 N–H and O–H groups in total. The Hall–Kier alpha value is -3.31. The molecule has 2 heteroatoms. The molecule has 3 rings (SSSR count). The van der Waals surface area contributed by atoms with Gasteiger partial charge in [0.05, 0.1) is 6.54 Å². The van der Waals surface area contributed by atoms with Crippen LogP contribution >= 0.6 is 0 Å². The molecule has 0 radical (unpaired) electrons. The Balaban J connectivity index is 1.60. The second-order valence-electron chi connectivity index (χ2n) is 5.29. The van der Waals surface area contributed by atoms with Crippen LogP contribution in [0.2, 0.25) is 0 Å². The molecular weight excluding hydrogens is 294 g/mol. The second-order valence-corrected chi connectivity index (χ2v) is 5.29. The zero-order valence-electron chi connectivity index (χ0n) is 13.2. The van der Waals surface area contributed by atoms with Gasteiger partial charge in [0.1, 0.15) is 0 Å². The normalized spacial score (nSPS) is 10.3. The Labute approximate surface area is 141 Å². The van der Waals surface area contributed by atoms with E-state index in [0.29, 0.717) is 6.54 Å². The molecule has 0 heterocycles. The first-order valence-electron chi connectivity index (χ1n) is 7.80. The lowest BCUT2D eigenvalue weighted by Gasteiger charge is -2.01. The summed E-state index contributed by atoms with van der Waals surface area (Å²) in [5, 5.41) is 5.07. The highest BCUT2D eigenvalue weighted by atomic mass is 16.1. The summed E-state index contributed by atoms with van der Waals surface area (Å²) in [6.07, 6.45) is 3.38. The predicted molar refractivity (Wildman–Crippen MR) is 99.3 cm³/mol. The van der Waals surface area contributed by atoms with Crippen molar-refractivity contribution in [2.45, 2.75) is 0 Å². The number of carbonyl (C=O) groups is 1. The van der Waals surface area contributed by atoms with Gasteiger partial charge in [-0.15, -0.1) is 0 Å². The summed E-state index contributed by atoms with van der Waals surface area (Å²) in [6, 6.07) is 23.9. The Kier molecular flexibility index (Phi) is 5.07. The van der Waals surface area contributed by atoms with Gasteiger partial charge in [-0.25, -0.2) is 0 Å². The molecule has 3 aromatic rings.